The third-order valence-corrected chi connectivity index (χ3v) is 3.92. The Hall–Kier alpha value is -1.95. The number of rotatable bonds is 6. The van der Waals surface area contributed by atoms with E-state index in [4.69, 9.17) is 0 Å². The zero-order valence-corrected chi connectivity index (χ0v) is 14.1. The Morgan fingerprint density at radius 2 is 0.800 bits per heavy atom. The van der Waals surface area contributed by atoms with E-state index in [2.05, 4.69) is 12.2 Å². The number of carbonyl (C=O) groups excluding carboxylic acids is 2. The van der Waals surface area contributed by atoms with Crippen molar-refractivity contribution in [2.75, 3.05) is 13.1 Å². The Balaban J connectivity index is 3.22. The van der Waals surface area contributed by atoms with E-state index in [-0.39, 0.29) is 0 Å². The highest BCUT2D eigenvalue weighted by Crippen LogP contribution is 2.48. The number of hydrogen-bond donors (Lipinski definition) is 0. The van der Waals surface area contributed by atoms with Crippen LogP contribution in [0.1, 0.15) is 0 Å². The molecule has 0 N–H and O–H groups in total. The number of hydrogen-bond acceptors (Lipinski definition) is 3. The van der Waals surface area contributed by atoms with Gasteiger partial charge >= 0.3 is 47.9 Å². The molecule has 0 aromatic rings. The minimum absolute atomic E-state index is 1.06. The monoisotopic (exact) mass is 494 g/mol. The Kier molecular flexibility index (Phi) is 6.12. The van der Waals surface area contributed by atoms with Crippen LogP contribution in [0.5, 0.6) is 0 Å². The summed E-state index contributed by atoms with van der Waals surface area (Å²) in [5.41, 5.74) is 0. The summed E-state index contributed by atoms with van der Waals surface area (Å²) in [7, 11) is 0. The maximum Gasteiger partial charge on any atom is 0.459 e. The second kappa shape index (κ2) is 7.04. The fourth-order valence-corrected chi connectivity index (χ4v) is 2.13. The zero-order chi connectivity index (χ0) is 24.3. The van der Waals surface area contributed by atoms with Gasteiger partial charge in [0.1, 0.15) is 0 Å². The minimum Gasteiger partial charge on any atom is -0.274 e. The maximum absolute atomic E-state index is 13.4. The first-order valence-corrected chi connectivity index (χ1v) is 7.15. The Morgan fingerprint density at radius 3 is 1.00 bits per heavy atom. The van der Waals surface area contributed by atoms with Crippen molar-refractivity contribution in [1.82, 2.24) is 9.80 Å². The molecule has 2 amide bonds. The maximum atomic E-state index is 13.4. The van der Waals surface area contributed by atoms with Crippen molar-refractivity contribution >= 4 is 29.1 Å². The van der Waals surface area contributed by atoms with Crippen LogP contribution in [0.2, 0.25) is 0 Å². The van der Waals surface area contributed by atoms with E-state index in [1.807, 2.05) is 0 Å². The normalized spacial score (nSPS) is 18.0. The van der Waals surface area contributed by atoms with E-state index in [0.29, 0.717) is 0 Å². The van der Waals surface area contributed by atoms with Gasteiger partial charge < -0.3 is 0 Å². The molecule has 19 heteroatoms. The molecule has 1 saturated heterocycles. The summed E-state index contributed by atoms with van der Waals surface area (Å²) in [5, 5.41) is -2.01. The SMILES string of the molecule is O=C1C(=O)N(CC(F)(F)C(F)(F)C(F)(F)F)C(=S)N1CC(F)(F)C(F)(F)C(F)(F)F. The van der Waals surface area contributed by atoms with Crippen molar-refractivity contribution in [3.63, 3.8) is 0 Å². The van der Waals surface area contributed by atoms with Gasteiger partial charge in [0, 0.05) is 0 Å². The van der Waals surface area contributed by atoms with Gasteiger partial charge in [0.05, 0.1) is 13.1 Å². The molecule has 174 valence electrons. The van der Waals surface area contributed by atoms with Crippen LogP contribution in [0.4, 0.5) is 61.5 Å². The van der Waals surface area contributed by atoms with Gasteiger partial charge in [-0.25, -0.2) is 0 Å². The molecule has 0 aromatic heterocycles. The van der Waals surface area contributed by atoms with Crippen LogP contribution < -0.4 is 0 Å². The van der Waals surface area contributed by atoms with Crippen LogP contribution in [0, 0.1) is 0 Å². The summed E-state index contributed by atoms with van der Waals surface area (Å²) < 4.78 is 177. The Morgan fingerprint density at radius 1 is 0.567 bits per heavy atom. The molecule has 1 aliphatic heterocycles. The van der Waals surface area contributed by atoms with Crippen LogP contribution in [0.25, 0.3) is 0 Å². The first kappa shape index (κ1) is 26.1. The third kappa shape index (κ3) is 3.98. The summed E-state index contributed by atoms with van der Waals surface area (Å²) in [6.45, 7) is -6.05. The predicted molar refractivity (Wildman–Crippen MR) is 67.9 cm³/mol. The fraction of sp³-hybridized carbons (Fsp3) is 0.727. The molecule has 0 aliphatic carbocycles. The second-order valence-electron chi connectivity index (χ2n) is 5.62. The van der Waals surface area contributed by atoms with Crippen LogP contribution in [-0.4, -0.2) is 75.9 Å². The predicted octanol–water partition coefficient (Wildman–Crippen LogP) is 3.61. The number of amides is 2. The number of halogens is 14. The quantitative estimate of drug-likeness (QED) is 0.322. The zero-order valence-electron chi connectivity index (χ0n) is 13.3. The molecule has 0 aromatic carbocycles. The summed E-state index contributed by atoms with van der Waals surface area (Å²) in [6.07, 6.45) is -13.8. The molecule has 1 aliphatic rings. The van der Waals surface area contributed by atoms with E-state index in [1.165, 1.54) is 0 Å². The molecular weight excluding hydrogens is 490 g/mol. The molecule has 0 bridgehead atoms. The van der Waals surface area contributed by atoms with Gasteiger partial charge in [-0.3, -0.25) is 19.4 Å². The molecule has 0 saturated carbocycles. The summed E-state index contributed by atoms with van der Waals surface area (Å²) in [5.74, 6) is -31.2. The first-order chi connectivity index (χ1) is 12.9. The van der Waals surface area contributed by atoms with Crippen LogP contribution >= 0.6 is 12.2 Å². The van der Waals surface area contributed by atoms with Crippen molar-refractivity contribution in [2.24, 2.45) is 0 Å². The van der Waals surface area contributed by atoms with Gasteiger partial charge in [0.2, 0.25) is 0 Å². The van der Waals surface area contributed by atoms with Gasteiger partial charge in [-0.2, -0.15) is 61.5 Å². The summed E-state index contributed by atoms with van der Waals surface area (Å²) >= 11 is 3.98. The Bertz CT molecular complexity index is 683. The molecule has 0 unspecified atom stereocenters. The summed E-state index contributed by atoms with van der Waals surface area (Å²) in [6, 6.07) is 0. The number of nitrogens with zero attached hydrogens (tertiary/aromatic N) is 2. The van der Waals surface area contributed by atoms with E-state index < -0.39 is 75.9 Å². The van der Waals surface area contributed by atoms with Crippen molar-refractivity contribution in [3.05, 3.63) is 0 Å². The van der Waals surface area contributed by atoms with Gasteiger partial charge in [0.25, 0.3) is 0 Å². The molecule has 1 fully saturated rings. The molecule has 0 atom stereocenters. The molecular formula is C11H4F14N2O2S. The molecule has 4 nitrogen and oxygen atoms in total. The van der Waals surface area contributed by atoms with E-state index in [1.54, 1.807) is 0 Å². The van der Waals surface area contributed by atoms with Crippen molar-refractivity contribution in [3.8, 4) is 0 Å². The highest BCUT2D eigenvalue weighted by atomic mass is 32.1. The number of thiocarbonyl (C=S) groups is 1. The lowest BCUT2D eigenvalue weighted by Crippen LogP contribution is -2.59. The third-order valence-electron chi connectivity index (χ3n) is 3.48. The highest BCUT2D eigenvalue weighted by molar-refractivity contribution is 7.80. The van der Waals surface area contributed by atoms with Crippen molar-refractivity contribution in [2.45, 2.75) is 36.0 Å². The van der Waals surface area contributed by atoms with E-state index in [0.717, 1.165) is 0 Å². The molecule has 0 radical (unpaired) electrons. The summed E-state index contributed by atoms with van der Waals surface area (Å²) in [4.78, 5) is 20.8. The van der Waals surface area contributed by atoms with Crippen molar-refractivity contribution in [1.29, 1.82) is 0 Å². The van der Waals surface area contributed by atoms with Crippen LogP contribution in [0.15, 0.2) is 0 Å². The molecule has 1 heterocycles. The standard InChI is InChI=1S/C11H4F14N2O2S/c12-6(13,8(16,17)10(20,21)22)1-26-3(28)4(29)27(5(26)30)2-7(14,15)9(18,19)11(23,24)25/h1-2H2. The lowest BCUT2D eigenvalue weighted by molar-refractivity contribution is -0.354. The van der Waals surface area contributed by atoms with E-state index >= 15 is 0 Å². The van der Waals surface area contributed by atoms with Crippen LogP contribution in [-0.2, 0) is 9.59 Å². The molecule has 0 spiro atoms. The van der Waals surface area contributed by atoms with Crippen molar-refractivity contribution < 1.29 is 71.1 Å². The molecule has 1 rings (SSSR count). The van der Waals surface area contributed by atoms with Gasteiger partial charge in [0.15, 0.2) is 5.11 Å². The fourth-order valence-electron chi connectivity index (χ4n) is 1.84. The highest BCUT2D eigenvalue weighted by Gasteiger charge is 2.75. The number of carbonyl (C=O) groups is 2. The topological polar surface area (TPSA) is 40.6 Å². The van der Waals surface area contributed by atoms with Crippen LogP contribution in [0.3, 0.4) is 0 Å². The van der Waals surface area contributed by atoms with Gasteiger partial charge in [-0.15, -0.1) is 0 Å². The Labute approximate surface area is 160 Å². The smallest absolute Gasteiger partial charge is 0.274 e. The first-order valence-electron chi connectivity index (χ1n) is 6.74. The number of alkyl halides is 14. The lowest BCUT2D eigenvalue weighted by Gasteiger charge is -2.32. The average molecular weight is 494 g/mol. The van der Waals surface area contributed by atoms with Gasteiger partial charge in [-0.1, -0.05) is 0 Å². The average Bonchev–Trinajstić information content (AvgIpc) is 2.70. The van der Waals surface area contributed by atoms with Gasteiger partial charge in [-0.05, 0) is 12.2 Å². The second-order valence-corrected chi connectivity index (χ2v) is 5.98. The lowest BCUT2D eigenvalue weighted by atomic mass is 10.1. The minimum atomic E-state index is -6.90. The molecule has 30 heavy (non-hydrogen) atoms. The van der Waals surface area contributed by atoms with E-state index in [9.17, 15) is 71.1 Å². The largest absolute Gasteiger partial charge is 0.459 e.